The van der Waals surface area contributed by atoms with Crippen LogP contribution in [0.1, 0.15) is 38.0 Å². The van der Waals surface area contributed by atoms with E-state index in [9.17, 15) is 24.3 Å². The van der Waals surface area contributed by atoms with Gasteiger partial charge in [0.05, 0.1) is 22.1 Å². The Morgan fingerprint density at radius 3 is 2.16 bits per heavy atom. The number of primary amides is 1. The van der Waals surface area contributed by atoms with Gasteiger partial charge in [-0.2, -0.15) is 0 Å². The van der Waals surface area contributed by atoms with Crippen LogP contribution in [0.5, 0.6) is 0 Å². The molecule has 0 bridgehead atoms. The summed E-state index contributed by atoms with van der Waals surface area (Å²) in [6.07, 6.45) is 0. The van der Waals surface area contributed by atoms with E-state index in [0.29, 0.717) is 22.1 Å². The summed E-state index contributed by atoms with van der Waals surface area (Å²) in [6.45, 7) is 1.72. The summed E-state index contributed by atoms with van der Waals surface area (Å²) in [5.74, 6) is -2.52. The van der Waals surface area contributed by atoms with Gasteiger partial charge in [-0.05, 0) is 54.8 Å². The first-order valence-electron chi connectivity index (χ1n) is 11.3. The molecule has 0 saturated heterocycles. The Balaban J connectivity index is 1.50. The number of amides is 3. The topological polar surface area (TPSA) is 139 Å². The van der Waals surface area contributed by atoms with Crippen LogP contribution in [0, 0.1) is 0 Å². The first-order valence-corrected chi connectivity index (χ1v) is 12.2. The molecular formula is C28H23N3O5S. The van der Waals surface area contributed by atoms with E-state index in [1.807, 2.05) is 6.07 Å². The maximum Gasteiger partial charge on any atom is 0.336 e. The lowest BCUT2D eigenvalue weighted by molar-refractivity contribution is -0.115. The Morgan fingerprint density at radius 2 is 1.46 bits per heavy atom. The van der Waals surface area contributed by atoms with Crippen LogP contribution < -0.4 is 16.4 Å². The molecule has 3 amide bonds. The summed E-state index contributed by atoms with van der Waals surface area (Å²) < 4.78 is 0. The molecule has 37 heavy (non-hydrogen) atoms. The summed E-state index contributed by atoms with van der Waals surface area (Å²) in [6, 6.07) is 23.4. The number of aromatic carboxylic acids is 1. The molecule has 4 aromatic rings. The zero-order chi connectivity index (χ0) is 26.5. The normalized spacial score (nSPS) is 11.5. The molecule has 4 aromatic carbocycles. The van der Waals surface area contributed by atoms with Gasteiger partial charge in [0, 0.05) is 21.5 Å². The summed E-state index contributed by atoms with van der Waals surface area (Å²) in [5.41, 5.74) is 6.72. The summed E-state index contributed by atoms with van der Waals surface area (Å²) in [7, 11) is 0. The van der Waals surface area contributed by atoms with Crippen molar-refractivity contribution in [2.45, 2.75) is 17.1 Å². The van der Waals surface area contributed by atoms with Crippen LogP contribution >= 0.6 is 11.8 Å². The zero-order valence-corrected chi connectivity index (χ0v) is 20.5. The quantitative estimate of drug-likeness (QED) is 0.244. The molecule has 0 heterocycles. The van der Waals surface area contributed by atoms with E-state index in [1.54, 1.807) is 73.7 Å². The third-order valence-corrected chi connectivity index (χ3v) is 6.70. The number of nitrogens with two attached hydrogens (primary N) is 1. The van der Waals surface area contributed by atoms with E-state index < -0.39 is 23.0 Å². The van der Waals surface area contributed by atoms with E-state index >= 15 is 0 Å². The number of benzene rings is 4. The molecule has 9 heteroatoms. The second kappa shape index (κ2) is 11.0. The van der Waals surface area contributed by atoms with Gasteiger partial charge in [-0.1, -0.05) is 42.5 Å². The number of fused-ring (bicyclic) bond motifs is 1. The SMILES string of the molecule is CC(Sc1cccc(NC(=O)c2cccc3cccc(C(=O)O)c23)c1)C(=O)Nc1ccccc1C(N)=O. The van der Waals surface area contributed by atoms with Crippen LogP contribution in [0.2, 0.25) is 0 Å². The monoisotopic (exact) mass is 513 g/mol. The van der Waals surface area contributed by atoms with Crippen LogP contribution in [0.3, 0.4) is 0 Å². The van der Waals surface area contributed by atoms with Crippen LogP contribution in [-0.4, -0.2) is 34.0 Å². The fourth-order valence-corrected chi connectivity index (χ4v) is 4.78. The van der Waals surface area contributed by atoms with Gasteiger partial charge in [0.2, 0.25) is 5.91 Å². The number of carbonyl (C=O) groups excluding carboxylic acids is 3. The van der Waals surface area contributed by atoms with Gasteiger partial charge in [0.15, 0.2) is 0 Å². The number of carboxylic acids is 1. The van der Waals surface area contributed by atoms with Crippen molar-refractivity contribution in [3.8, 4) is 0 Å². The highest BCUT2D eigenvalue weighted by Gasteiger charge is 2.19. The highest BCUT2D eigenvalue weighted by molar-refractivity contribution is 8.00. The van der Waals surface area contributed by atoms with Gasteiger partial charge in [0.1, 0.15) is 0 Å². The zero-order valence-electron chi connectivity index (χ0n) is 19.7. The van der Waals surface area contributed by atoms with Gasteiger partial charge >= 0.3 is 5.97 Å². The molecule has 0 radical (unpaired) electrons. The average Bonchev–Trinajstić information content (AvgIpc) is 2.88. The van der Waals surface area contributed by atoms with Gasteiger partial charge in [0.25, 0.3) is 11.8 Å². The fourth-order valence-electron chi connectivity index (χ4n) is 3.85. The number of hydrogen-bond donors (Lipinski definition) is 4. The molecule has 1 atom stereocenters. The van der Waals surface area contributed by atoms with Gasteiger partial charge < -0.3 is 21.5 Å². The van der Waals surface area contributed by atoms with E-state index in [-0.39, 0.29) is 22.6 Å². The number of nitrogens with one attached hydrogen (secondary N) is 2. The summed E-state index contributed by atoms with van der Waals surface area (Å²) in [4.78, 5) is 49.9. The van der Waals surface area contributed by atoms with Crippen molar-refractivity contribution in [2.75, 3.05) is 10.6 Å². The van der Waals surface area contributed by atoms with E-state index in [2.05, 4.69) is 10.6 Å². The molecule has 0 aliphatic carbocycles. The van der Waals surface area contributed by atoms with Crippen molar-refractivity contribution in [1.82, 2.24) is 0 Å². The van der Waals surface area contributed by atoms with Crippen molar-refractivity contribution in [2.24, 2.45) is 5.73 Å². The molecule has 0 spiro atoms. The number of hydrogen-bond acceptors (Lipinski definition) is 5. The van der Waals surface area contributed by atoms with Crippen LogP contribution in [0.4, 0.5) is 11.4 Å². The molecule has 8 nitrogen and oxygen atoms in total. The maximum atomic E-state index is 13.1. The van der Waals surface area contributed by atoms with Crippen molar-refractivity contribution in [3.05, 3.63) is 102 Å². The lowest BCUT2D eigenvalue weighted by Crippen LogP contribution is -2.24. The number of para-hydroxylation sites is 1. The molecule has 0 saturated carbocycles. The first kappa shape index (κ1) is 25.5. The highest BCUT2D eigenvalue weighted by Crippen LogP contribution is 2.28. The second-order valence-corrected chi connectivity index (χ2v) is 9.57. The third-order valence-electron chi connectivity index (χ3n) is 5.60. The Kier molecular flexibility index (Phi) is 7.55. The maximum absolute atomic E-state index is 13.1. The summed E-state index contributed by atoms with van der Waals surface area (Å²) in [5, 5.41) is 15.6. The van der Waals surface area contributed by atoms with Crippen LogP contribution in [-0.2, 0) is 4.79 Å². The molecular weight excluding hydrogens is 490 g/mol. The number of rotatable bonds is 8. The van der Waals surface area contributed by atoms with Crippen molar-refractivity contribution < 1.29 is 24.3 Å². The van der Waals surface area contributed by atoms with Crippen molar-refractivity contribution >= 4 is 57.6 Å². The predicted molar refractivity (Wildman–Crippen MR) is 144 cm³/mol. The minimum Gasteiger partial charge on any atom is -0.478 e. The van der Waals surface area contributed by atoms with Crippen LogP contribution in [0.25, 0.3) is 10.8 Å². The van der Waals surface area contributed by atoms with Crippen molar-refractivity contribution in [3.63, 3.8) is 0 Å². The van der Waals surface area contributed by atoms with E-state index in [4.69, 9.17) is 5.73 Å². The Morgan fingerprint density at radius 1 is 0.811 bits per heavy atom. The van der Waals surface area contributed by atoms with E-state index in [1.165, 1.54) is 23.9 Å². The molecule has 0 aromatic heterocycles. The first-order chi connectivity index (χ1) is 17.7. The Bertz CT molecular complexity index is 1530. The molecule has 186 valence electrons. The molecule has 4 rings (SSSR count). The average molecular weight is 514 g/mol. The minimum absolute atomic E-state index is 0.0466. The number of anilines is 2. The smallest absolute Gasteiger partial charge is 0.336 e. The van der Waals surface area contributed by atoms with Gasteiger partial charge in [-0.15, -0.1) is 11.8 Å². The lowest BCUT2D eigenvalue weighted by atomic mass is 9.98. The minimum atomic E-state index is -1.12. The molecule has 0 aliphatic rings. The standard InChI is InChI=1S/C28H23N3O5S/c1-16(26(33)31-23-14-3-2-11-20(23)25(29)32)37-19-10-6-9-18(15-19)30-27(34)21-12-4-7-17-8-5-13-22(24(17)21)28(35)36/h2-16H,1H3,(H2,29,32)(H,30,34)(H,31,33)(H,35,36). The third kappa shape index (κ3) is 5.79. The fraction of sp³-hybridized carbons (Fsp3) is 0.0714. The molecule has 0 aliphatic heterocycles. The van der Waals surface area contributed by atoms with E-state index in [0.717, 1.165) is 4.90 Å². The number of carboxylic acid groups (broad SMARTS) is 1. The van der Waals surface area contributed by atoms with Crippen LogP contribution in [0.15, 0.2) is 89.8 Å². The van der Waals surface area contributed by atoms with Crippen molar-refractivity contribution in [1.29, 1.82) is 0 Å². The predicted octanol–water partition coefficient (Wildman–Crippen LogP) is 5.01. The lowest BCUT2D eigenvalue weighted by Gasteiger charge is -2.15. The Hall–Kier alpha value is -4.63. The largest absolute Gasteiger partial charge is 0.478 e. The molecule has 0 fully saturated rings. The highest BCUT2D eigenvalue weighted by atomic mass is 32.2. The number of carbonyl (C=O) groups is 4. The molecule has 5 N–H and O–H groups in total. The number of thioether (sulfide) groups is 1. The molecule has 1 unspecified atom stereocenters. The second-order valence-electron chi connectivity index (χ2n) is 8.16. The Labute approximate surface area is 216 Å². The van der Waals surface area contributed by atoms with Gasteiger partial charge in [-0.25, -0.2) is 4.79 Å². The summed E-state index contributed by atoms with van der Waals surface area (Å²) >= 11 is 1.27. The van der Waals surface area contributed by atoms with Gasteiger partial charge in [-0.3, -0.25) is 14.4 Å².